The van der Waals surface area contributed by atoms with Crippen molar-refractivity contribution in [2.75, 3.05) is 26.8 Å². The van der Waals surface area contributed by atoms with Crippen LogP contribution in [0.2, 0.25) is 0 Å². The smallest absolute Gasteiger partial charge is 0.0639 e. The number of aryl methyl sites for hydroxylation is 1. The first-order chi connectivity index (χ1) is 11.1. The summed E-state index contributed by atoms with van der Waals surface area (Å²) in [6.07, 6.45) is 1.78. The summed E-state index contributed by atoms with van der Waals surface area (Å²) in [5.41, 5.74) is 3.90. The van der Waals surface area contributed by atoms with Crippen molar-refractivity contribution >= 4 is 0 Å². The normalized spacial score (nSPS) is 12.7. The summed E-state index contributed by atoms with van der Waals surface area (Å²) in [6.45, 7) is 7.80. The molecular formula is C19H28N2O2. The van der Waals surface area contributed by atoms with Crippen molar-refractivity contribution < 1.29 is 9.84 Å². The third-order valence-corrected chi connectivity index (χ3v) is 4.05. The Morgan fingerprint density at radius 3 is 2.70 bits per heavy atom. The van der Waals surface area contributed by atoms with Gasteiger partial charge in [0.2, 0.25) is 0 Å². The minimum absolute atomic E-state index is 0.341. The van der Waals surface area contributed by atoms with Crippen LogP contribution < -0.4 is 0 Å². The predicted molar refractivity (Wildman–Crippen MR) is 93.5 cm³/mol. The molecule has 4 nitrogen and oxygen atoms in total. The molecule has 0 saturated carbocycles. The molecule has 0 aliphatic heterocycles. The number of hydrogen-bond acceptors (Lipinski definition) is 3. The Balaban J connectivity index is 2.08. The highest BCUT2D eigenvalue weighted by Crippen LogP contribution is 2.13. The van der Waals surface area contributed by atoms with E-state index in [9.17, 15) is 5.11 Å². The standard InChI is InChI=1S/C19H28N2O2/c1-16-7-4-5-8-18(16)14-21-10-6-9-19(21)15-20(11-12-23-3)13-17(2)22/h4-10,17,22H,11-15H2,1-3H3. The predicted octanol–water partition coefficient (Wildman–Crippen LogP) is 2.67. The first-order valence-corrected chi connectivity index (χ1v) is 8.18. The van der Waals surface area contributed by atoms with Gasteiger partial charge in [-0.25, -0.2) is 0 Å². The van der Waals surface area contributed by atoms with E-state index in [0.29, 0.717) is 13.2 Å². The molecule has 1 heterocycles. The molecule has 0 fully saturated rings. The molecule has 1 unspecified atom stereocenters. The average molecular weight is 316 g/mol. The second kappa shape index (κ2) is 8.87. The van der Waals surface area contributed by atoms with Crippen LogP contribution in [0, 0.1) is 6.92 Å². The van der Waals surface area contributed by atoms with Gasteiger partial charge in [-0.1, -0.05) is 24.3 Å². The lowest BCUT2D eigenvalue weighted by Crippen LogP contribution is -2.34. The van der Waals surface area contributed by atoms with E-state index < -0.39 is 0 Å². The van der Waals surface area contributed by atoms with E-state index in [0.717, 1.165) is 19.6 Å². The number of aromatic nitrogens is 1. The Bertz CT molecular complexity index is 593. The number of ether oxygens (including phenoxy) is 1. The summed E-state index contributed by atoms with van der Waals surface area (Å²) in [4.78, 5) is 2.23. The zero-order valence-electron chi connectivity index (χ0n) is 14.4. The van der Waals surface area contributed by atoms with E-state index in [1.54, 1.807) is 7.11 Å². The number of hydrogen-bond donors (Lipinski definition) is 1. The molecule has 2 aromatic rings. The van der Waals surface area contributed by atoms with Gasteiger partial charge in [0, 0.05) is 45.2 Å². The maximum absolute atomic E-state index is 9.70. The van der Waals surface area contributed by atoms with Gasteiger partial charge in [0.15, 0.2) is 0 Å². The molecule has 0 saturated heterocycles. The van der Waals surface area contributed by atoms with Gasteiger partial charge >= 0.3 is 0 Å². The van der Waals surface area contributed by atoms with Crippen molar-refractivity contribution in [3.05, 3.63) is 59.4 Å². The lowest BCUT2D eigenvalue weighted by Gasteiger charge is -2.24. The molecule has 1 aromatic carbocycles. The van der Waals surface area contributed by atoms with Gasteiger partial charge in [0.1, 0.15) is 0 Å². The van der Waals surface area contributed by atoms with Gasteiger partial charge in [0.05, 0.1) is 12.7 Å². The molecule has 1 aromatic heterocycles. The molecule has 0 aliphatic rings. The van der Waals surface area contributed by atoms with Crippen LogP contribution in [0.4, 0.5) is 0 Å². The van der Waals surface area contributed by atoms with Gasteiger partial charge in [-0.3, -0.25) is 4.90 Å². The lowest BCUT2D eigenvalue weighted by atomic mass is 10.1. The van der Waals surface area contributed by atoms with Gasteiger partial charge in [-0.2, -0.15) is 0 Å². The number of aliphatic hydroxyl groups excluding tert-OH is 1. The highest BCUT2D eigenvalue weighted by molar-refractivity contribution is 5.26. The van der Waals surface area contributed by atoms with Crippen molar-refractivity contribution in [2.24, 2.45) is 0 Å². The monoisotopic (exact) mass is 316 g/mol. The van der Waals surface area contributed by atoms with Crippen LogP contribution >= 0.6 is 0 Å². The van der Waals surface area contributed by atoms with E-state index in [-0.39, 0.29) is 6.10 Å². The third-order valence-electron chi connectivity index (χ3n) is 4.05. The minimum Gasteiger partial charge on any atom is -0.392 e. The molecule has 4 heteroatoms. The number of nitrogens with zero attached hydrogens (tertiary/aromatic N) is 2. The van der Waals surface area contributed by atoms with Crippen LogP contribution in [0.15, 0.2) is 42.6 Å². The fourth-order valence-corrected chi connectivity index (χ4v) is 2.78. The number of rotatable bonds is 9. The van der Waals surface area contributed by atoms with Crippen molar-refractivity contribution in [3.8, 4) is 0 Å². The molecular weight excluding hydrogens is 288 g/mol. The van der Waals surface area contributed by atoms with Gasteiger partial charge in [-0.15, -0.1) is 0 Å². The number of methoxy groups -OCH3 is 1. The Morgan fingerprint density at radius 1 is 1.22 bits per heavy atom. The molecule has 0 bridgehead atoms. The van der Waals surface area contributed by atoms with Crippen LogP contribution in [0.3, 0.4) is 0 Å². The number of benzene rings is 1. The number of aliphatic hydroxyl groups is 1. The topological polar surface area (TPSA) is 37.6 Å². The summed E-state index contributed by atoms with van der Waals surface area (Å²) in [7, 11) is 1.71. The molecule has 0 aliphatic carbocycles. The Morgan fingerprint density at radius 2 is 2.00 bits per heavy atom. The van der Waals surface area contributed by atoms with E-state index in [1.807, 2.05) is 6.92 Å². The second-order valence-electron chi connectivity index (χ2n) is 6.13. The summed E-state index contributed by atoms with van der Waals surface area (Å²) in [6, 6.07) is 12.7. The molecule has 23 heavy (non-hydrogen) atoms. The summed E-state index contributed by atoms with van der Waals surface area (Å²) in [5, 5.41) is 9.70. The zero-order chi connectivity index (χ0) is 16.7. The van der Waals surface area contributed by atoms with Crippen LogP contribution in [0.5, 0.6) is 0 Å². The van der Waals surface area contributed by atoms with E-state index in [2.05, 4.69) is 59.0 Å². The van der Waals surface area contributed by atoms with E-state index in [4.69, 9.17) is 4.74 Å². The maximum atomic E-state index is 9.70. The molecule has 2 rings (SSSR count). The Labute approximate surface area is 139 Å². The van der Waals surface area contributed by atoms with Crippen LogP contribution in [-0.2, 0) is 17.8 Å². The van der Waals surface area contributed by atoms with Gasteiger partial charge in [0.25, 0.3) is 0 Å². The molecule has 0 amide bonds. The molecule has 126 valence electrons. The van der Waals surface area contributed by atoms with Crippen LogP contribution in [-0.4, -0.2) is 47.5 Å². The Hall–Kier alpha value is -1.62. The molecule has 1 N–H and O–H groups in total. The van der Waals surface area contributed by atoms with Gasteiger partial charge < -0.3 is 14.4 Å². The third kappa shape index (κ3) is 5.50. The molecule has 0 radical (unpaired) electrons. The van der Waals surface area contributed by atoms with E-state index in [1.165, 1.54) is 16.8 Å². The van der Waals surface area contributed by atoms with Crippen molar-refractivity contribution in [2.45, 2.75) is 33.0 Å². The van der Waals surface area contributed by atoms with Crippen molar-refractivity contribution in [1.82, 2.24) is 9.47 Å². The van der Waals surface area contributed by atoms with Crippen LogP contribution in [0.1, 0.15) is 23.7 Å². The molecule has 0 spiro atoms. The highest BCUT2D eigenvalue weighted by Gasteiger charge is 2.12. The largest absolute Gasteiger partial charge is 0.392 e. The quantitative estimate of drug-likeness (QED) is 0.773. The van der Waals surface area contributed by atoms with Crippen molar-refractivity contribution in [1.29, 1.82) is 0 Å². The average Bonchev–Trinajstić information content (AvgIpc) is 2.93. The second-order valence-corrected chi connectivity index (χ2v) is 6.13. The highest BCUT2D eigenvalue weighted by atomic mass is 16.5. The Kier molecular flexibility index (Phi) is 6.84. The maximum Gasteiger partial charge on any atom is 0.0639 e. The summed E-state index contributed by atoms with van der Waals surface area (Å²) < 4.78 is 7.47. The fourth-order valence-electron chi connectivity index (χ4n) is 2.78. The fraction of sp³-hybridized carbons (Fsp3) is 0.474. The summed E-state index contributed by atoms with van der Waals surface area (Å²) >= 11 is 0. The minimum atomic E-state index is -0.341. The lowest BCUT2D eigenvalue weighted by molar-refractivity contribution is 0.0926. The summed E-state index contributed by atoms with van der Waals surface area (Å²) in [5.74, 6) is 0. The van der Waals surface area contributed by atoms with E-state index >= 15 is 0 Å². The first kappa shape index (κ1) is 17.7. The first-order valence-electron chi connectivity index (χ1n) is 8.18. The van der Waals surface area contributed by atoms with Crippen molar-refractivity contribution in [3.63, 3.8) is 0 Å². The zero-order valence-corrected chi connectivity index (χ0v) is 14.4. The SMILES string of the molecule is COCCN(Cc1cccn1Cc1ccccc1C)CC(C)O. The van der Waals surface area contributed by atoms with Gasteiger partial charge in [-0.05, 0) is 37.1 Å². The molecule has 1 atom stereocenters. The van der Waals surface area contributed by atoms with Crippen LogP contribution in [0.25, 0.3) is 0 Å².